The second-order valence-corrected chi connectivity index (χ2v) is 18.1. The van der Waals surface area contributed by atoms with Crippen LogP contribution in [-0.4, -0.2) is 117 Å². The number of hydrogen-bond donors (Lipinski definition) is 5. The minimum absolute atomic E-state index is 0.0794. The van der Waals surface area contributed by atoms with Gasteiger partial charge in [-0.2, -0.15) is 0 Å². The molecule has 2 fully saturated rings. The molecule has 2 aliphatic carbocycles. The monoisotopic (exact) mass is 894 g/mol. The molecule has 7 rings (SSSR count). The fraction of sp³-hybridized carbons (Fsp3) is 0.479. The Kier molecular flexibility index (Phi) is 14.5. The predicted octanol–water partition coefficient (Wildman–Crippen LogP) is 5.55. The summed E-state index contributed by atoms with van der Waals surface area (Å²) in [5.74, 6) is 11.3. The van der Waals surface area contributed by atoms with E-state index in [1.165, 1.54) is 26.2 Å². The van der Waals surface area contributed by atoms with Gasteiger partial charge in [0.05, 0.1) is 36.4 Å². The third-order valence-electron chi connectivity index (χ3n) is 12.1. The van der Waals surface area contributed by atoms with Gasteiger partial charge < -0.3 is 49.5 Å². The minimum atomic E-state index is -1.40. The maximum absolute atomic E-state index is 15.0. The molecule has 64 heavy (non-hydrogen) atoms. The molecule has 8 unspecified atom stereocenters. The molecule has 1 amide bonds. The number of aromatic nitrogens is 2. The van der Waals surface area contributed by atoms with Gasteiger partial charge in [-0.15, -0.1) is 0 Å². The van der Waals surface area contributed by atoms with Crippen molar-refractivity contribution in [1.82, 2.24) is 20.6 Å². The number of aliphatic hydroxyl groups excluding tert-OH is 1. The minimum Gasteiger partial charge on any atom is -0.508 e. The van der Waals surface area contributed by atoms with E-state index < -0.39 is 66.8 Å². The second kappa shape index (κ2) is 19.8. The lowest BCUT2D eigenvalue weighted by molar-refractivity contribution is -0.314. The first kappa shape index (κ1) is 46.7. The van der Waals surface area contributed by atoms with Gasteiger partial charge in [-0.25, -0.2) is 4.79 Å². The number of hydrogen-bond acceptors (Lipinski definition) is 14. The van der Waals surface area contributed by atoms with Gasteiger partial charge >= 0.3 is 6.09 Å². The normalized spacial score (nSPS) is 30.5. The van der Waals surface area contributed by atoms with Crippen LogP contribution < -0.4 is 10.6 Å². The molecule has 2 aromatic heterocycles. The molecule has 3 aromatic rings. The van der Waals surface area contributed by atoms with E-state index in [0.717, 1.165) is 34.5 Å². The number of phenols is 1. The molecule has 4 heterocycles. The van der Waals surface area contributed by atoms with Gasteiger partial charge in [0.15, 0.2) is 29.3 Å². The number of phenolic OH excluding ortho intramolecular Hbond substituents is 1. The number of thioether (sulfide) groups is 1. The van der Waals surface area contributed by atoms with E-state index in [1.807, 2.05) is 6.92 Å². The number of ether oxygens (including phenoxy) is 5. The Morgan fingerprint density at radius 2 is 1.89 bits per heavy atom. The molecule has 16 heteroatoms. The fourth-order valence-corrected chi connectivity index (χ4v) is 9.24. The number of benzene rings is 1. The number of ketones is 2. The summed E-state index contributed by atoms with van der Waals surface area (Å²) in [7, 11) is 1.17. The van der Waals surface area contributed by atoms with Crippen LogP contribution in [0.25, 0.3) is 21.8 Å². The highest BCUT2D eigenvalue weighted by Gasteiger charge is 2.52. The number of methoxy groups -OCH3 is 1. The van der Waals surface area contributed by atoms with Gasteiger partial charge in [-0.3, -0.25) is 19.4 Å². The number of aromatic hydroxyl groups is 1. The summed E-state index contributed by atoms with van der Waals surface area (Å²) in [6.45, 7) is 11.1. The molecule has 2 saturated heterocycles. The molecule has 0 saturated carbocycles. The largest absolute Gasteiger partial charge is 0.508 e. The number of nitrogens with zero attached hydrogens (tertiary/aromatic N) is 1. The molecule has 10 atom stereocenters. The zero-order valence-corrected chi connectivity index (χ0v) is 37.7. The number of rotatable bonds is 11. The Hall–Kier alpha value is -5.30. The Morgan fingerprint density at radius 1 is 1.11 bits per heavy atom. The number of Topliss-reactive ketones (excluding diaryl/α,β-unsaturated/α-hetero) is 2. The van der Waals surface area contributed by atoms with E-state index in [4.69, 9.17) is 23.7 Å². The number of aromatic amines is 1. The number of aliphatic hydroxyl groups is 1. The molecular weight excluding hydrogens is 841 g/mol. The molecule has 2 aliphatic heterocycles. The number of nitrogens with one attached hydrogen (secondary N) is 3. The average Bonchev–Trinajstić information content (AvgIpc) is 3.62. The third-order valence-corrected chi connectivity index (χ3v) is 12.9. The fourth-order valence-electron chi connectivity index (χ4n) is 8.74. The smallest absolute Gasteiger partial charge is 0.407 e. The van der Waals surface area contributed by atoms with Crippen LogP contribution in [0.4, 0.5) is 4.79 Å². The van der Waals surface area contributed by atoms with Crippen molar-refractivity contribution in [2.45, 2.75) is 128 Å². The van der Waals surface area contributed by atoms with Gasteiger partial charge in [-0.05, 0) is 82.0 Å². The summed E-state index contributed by atoms with van der Waals surface area (Å²) >= 11 is 1.00. The maximum atomic E-state index is 15.0. The SMILES string of the molecule is COC(=O)NC1C(=O)C[C@H](O)/C(=C/CSC(C)=O)C2=C1C#C/C=C\C#C[C@@H]2OC1OC(C)C(C)(C(=O)c2nccc3c2[nH]c2ccc(O)cc23)CC1OC1CCC(NC(C)C)C(C)O1. The number of amides is 1. The Bertz CT molecular complexity index is 2540. The van der Waals surface area contributed by atoms with Gasteiger partial charge in [0.25, 0.3) is 0 Å². The van der Waals surface area contributed by atoms with Crippen molar-refractivity contribution in [1.29, 1.82) is 0 Å². The molecule has 0 bridgehead atoms. The summed E-state index contributed by atoms with van der Waals surface area (Å²) in [4.78, 5) is 61.6. The number of carbonyl (C=O) groups excluding carboxylic acids is 4. The summed E-state index contributed by atoms with van der Waals surface area (Å²) in [6, 6.07) is 5.70. The highest BCUT2D eigenvalue weighted by Crippen LogP contribution is 2.44. The van der Waals surface area contributed by atoms with Gasteiger partial charge in [-0.1, -0.05) is 55.4 Å². The Labute approximate surface area is 376 Å². The zero-order valence-electron chi connectivity index (χ0n) is 36.9. The lowest BCUT2D eigenvalue weighted by Gasteiger charge is -2.47. The van der Waals surface area contributed by atoms with E-state index in [1.54, 1.807) is 50.4 Å². The van der Waals surface area contributed by atoms with E-state index in [2.05, 4.69) is 58.1 Å². The molecule has 4 aliphatic rings. The average molecular weight is 895 g/mol. The van der Waals surface area contributed by atoms with Crippen LogP contribution in [0.15, 0.2) is 65.4 Å². The third kappa shape index (κ3) is 9.99. The van der Waals surface area contributed by atoms with Crippen molar-refractivity contribution in [3.8, 4) is 29.4 Å². The topological polar surface area (TPSA) is 208 Å². The van der Waals surface area contributed by atoms with Crippen LogP contribution >= 0.6 is 11.8 Å². The van der Waals surface area contributed by atoms with Crippen molar-refractivity contribution in [3.05, 3.63) is 71.1 Å². The van der Waals surface area contributed by atoms with Crippen LogP contribution in [0.1, 0.15) is 77.7 Å². The molecule has 0 radical (unpaired) electrons. The second-order valence-electron chi connectivity index (χ2n) is 16.9. The van der Waals surface area contributed by atoms with Gasteiger partial charge in [0.1, 0.15) is 29.7 Å². The molecule has 338 valence electrons. The number of H-pyrrole nitrogens is 1. The first-order valence-electron chi connectivity index (χ1n) is 21.4. The first-order chi connectivity index (χ1) is 30.6. The lowest BCUT2D eigenvalue weighted by Crippen LogP contribution is -2.56. The Balaban J connectivity index is 1.30. The van der Waals surface area contributed by atoms with Crippen LogP contribution in [0.3, 0.4) is 0 Å². The first-order valence-corrected chi connectivity index (χ1v) is 22.4. The summed E-state index contributed by atoms with van der Waals surface area (Å²) in [6.07, 6.45) is -0.329. The maximum Gasteiger partial charge on any atom is 0.407 e. The predicted molar refractivity (Wildman–Crippen MR) is 240 cm³/mol. The van der Waals surface area contributed by atoms with Crippen LogP contribution in [-0.2, 0) is 33.3 Å². The van der Waals surface area contributed by atoms with Gasteiger partial charge in [0, 0.05) is 64.8 Å². The summed E-state index contributed by atoms with van der Waals surface area (Å²) < 4.78 is 31.8. The highest BCUT2D eigenvalue weighted by molar-refractivity contribution is 8.13. The lowest BCUT2D eigenvalue weighted by atomic mass is 9.72. The number of carbonyl (C=O) groups is 4. The Morgan fingerprint density at radius 3 is 2.62 bits per heavy atom. The number of allylic oxidation sites excluding steroid dienone is 2. The molecule has 1 aromatic carbocycles. The number of fused-ring (bicyclic) bond motifs is 3. The van der Waals surface area contributed by atoms with Crippen LogP contribution in [0.5, 0.6) is 5.75 Å². The number of alkyl carbamates (subject to hydrolysis) is 1. The molecule has 0 spiro atoms. The van der Waals surface area contributed by atoms with Crippen molar-refractivity contribution in [2.75, 3.05) is 12.9 Å². The van der Waals surface area contributed by atoms with E-state index in [-0.39, 0.29) is 69.4 Å². The molecule has 5 N–H and O–H groups in total. The molecular formula is C48H54N4O11S. The zero-order chi connectivity index (χ0) is 45.9. The van der Waals surface area contributed by atoms with E-state index >= 15 is 4.79 Å². The van der Waals surface area contributed by atoms with Crippen molar-refractivity contribution >= 4 is 56.3 Å². The molecule has 15 nitrogen and oxygen atoms in total. The van der Waals surface area contributed by atoms with Crippen molar-refractivity contribution < 1.29 is 53.1 Å². The summed E-state index contributed by atoms with van der Waals surface area (Å²) in [5, 5.41) is 29.4. The number of pyridine rings is 1. The van der Waals surface area contributed by atoms with Crippen molar-refractivity contribution in [3.63, 3.8) is 0 Å². The highest BCUT2D eigenvalue weighted by atomic mass is 32.2. The van der Waals surface area contributed by atoms with Crippen molar-refractivity contribution in [2.24, 2.45) is 5.41 Å². The van der Waals surface area contributed by atoms with Gasteiger partial charge in [0.2, 0.25) is 0 Å². The quantitative estimate of drug-likeness (QED) is 0.118. The van der Waals surface area contributed by atoms with Crippen LogP contribution in [0, 0.1) is 29.1 Å². The summed E-state index contributed by atoms with van der Waals surface area (Å²) in [5.41, 5.74) is 0.737. The standard InChI is InChI=1S/C48H54N4O11S/c1-25(2)50-34-16-17-40(60-26(34)3)62-39-24-48(6,45(57)44-43-30(18-20-49-44)33-22-29(54)14-15-35(33)51-43)27(4)61-46(39)63-38-13-11-9-8-10-12-32-41(38)31(19-21-64-28(5)53)36(55)23-37(56)42(32)52-47(58)59-7/h8-9,14-15,18-20,22,25-27,34,36,38-40,42,46,50-51,54-55H,16-17,21,23-24H2,1-7H3,(H,52,58)/b9-8-,31-19-/t26?,27?,34?,36-,38-,39?,40?,42?,46?,48?/m0/s1. The van der Waals surface area contributed by atoms with E-state index in [0.29, 0.717) is 11.9 Å². The van der Waals surface area contributed by atoms with Crippen LogP contribution in [0.2, 0.25) is 0 Å². The van der Waals surface area contributed by atoms with E-state index in [9.17, 15) is 24.6 Å².